The van der Waals surface area contributed by atoms with Gasteiger partial charge in [0.25, 0.3) is 0 Å². The molecule has 18 heavy (non-hydrogen) atoms. The van der Waals surface area contributed by atoms with E-state index >= 15 is 0 Å². The van der Waals surface area contributed by atoms with Crippen molar-refractivity contribution < 1.29 is 5.11 Å². The highest BCUT2D eigenvalue weighted by Crippen LogP contribution is 2.11. The summed E-state index contributed by atoms with van der Waals surface area (Å²) in [6.07, 6.45) is 1.84. The molecule has 1 aromatic heterocycles. The van der Waals surface area contributed by atoms with E-state index in [0.29, 0.717) is 5.92 Å². The highest BCUT2D eigenvalue weighted by Gasteiger charge is 2.01. The minimum atomic E-state index is 0.191. The Bertz CT molecular complexity index is 355. The van der Waals surface area contributed by atoms with Crippen molar-refractivity contribution in [3.05, 3.63) is 11.9 Å². The molecule has 0 spiro atoms. The Morgan fingerprint density at radius 2 is 1.78 bits per heavy atom. The van der Waals surface area contributed by atoms with Gasteiger partial charge in [0, 0.05) is 25.8 Å². The highest BCUT2D eigenvalue weighted by molar-refractivity contribution is 5.47. The number of nitrogens with zero attached hydrogens (tertiary/aromatic N) is 2. The first-order chi connectivity index (χ1) is 8.61. The summed E-state index contributed by atoms with van der Waals surface area (Å²) in [6, 6.07) is 1.91. The van der Waals surface area contributed by atoms with E-state index in [0.717, 1.165) is 43.4 Å². The van der Waals surface area contributed by atoms with Gasteiger partial charge >= 0.3 is 0 Å². The average Bonchev–Trinajstić information content (AvgIpc) is 2.28. The van der Waals surface area contributed by atoms with Crippen LogP contribution in [-0.2, 0) is 0 Å². The molecule has 0 bridgehead atoms. The van der Waals surface area contributed by atoms with Gasteiger partial charge in [0.2, 0.25) is 0 Å². The van der Waals surface area contributed by atoms with Gasteiger partial charge < -0.3 is 15.7 Å². The highest BCUT2D eigenvalue weighted by atomic mass is 16.3. The second-order valence-corrected chi connectivity index (χ2v) is 4.80. The number of rotatable bonds is 8. The molecule has 0 saturated heterocycles. The number of hydrogen-bond acceptors (Lipinski definition) is 5. The van der Waals surface area contributed by atoms with Gasteiger partial charge in [-0.2, -0.15) is 0 Å². The first kappa shape index (κ1) is 14.7. The SMILES string of the molecule is Cc1nc(NCCCO)cc(NCCC(C)C)n1. The molecule has 1 heterocycles. The molecule has 0 atom stereocenters. The zero-order valence-electron chi connectivity index (χ0n) is 11.5. The lowest BCUT2D eigenvalue weighted by Crippen LogP contribution is -2.10. The van der Waals surface area contributed by atoms with Crippen LogP contribution >= 0.6 is 0 Å². The Morgan fingerprint density at radius 3 is 2.33 bits per heavy atom. The fraction of sp³-hybridized carbons (Fsp3) is 0.692. The van der Waals surface area contributed by atoms with Crippen LogP contribution in [0, 0.1) is 12.8 Å². The van der Waals surface area contributed by atoms with Crippen LogP contribution < -0.4 is 10.6 Å². The monoisotopic (exact) mass is 252 g/mol. The molecule has 0 aliphatic rings. The third kappa shape index (κ3) is 5.82. The largest absolute Gasteiger partial charge is 0.396 e. The van der Waals surface area contributed by atoms with Crippen LogP contribution in [0.3, 0.4) is 0 Å². The molecule has 0 fully saturated rings. The van der Waals surface area contributed by atoms with Gasteiger partial charge in [0.1, 0.15) is 17.5 Å². The van der Waals surface area contributed by atoms with Crippen molar-refractivity contribution in [3.8, 4) is 0 Å². The number of aromatic nitrogens is 2. The first-order valence-electron chi connectivity index (χ1n) is 6.56. The smallest absolute Gasteiger partial charge is 0.131 e. The summed E-state index contributed by atoms with van der Waals surface area (Å²) in [5.74, 6) is 3.09. The summed E-state index contributed by atoms with van der Waals surface area (Å²) >= 11 is 0. The van der Waals surface area contributed by atoms with Crippen molar-refractivity contribution in [1.29, 1.82) is 0 Å². The lowest BCUT2D eigenvalue weighted by atomic mass is 10.1. The Hall–Kier alpha value is -1.36. The maximum Gasteiger partial charge on any atom is 0.131 e. The van der Waals surface area contributed by atoms with Gasteiger partial charge in [0.05, 0.1) is 0 Å². The van der Waals surface area contributed by atoms with E-state index in [4.69, 9.17) is 5.11 Å². The van der Waals surface area contributed by atoms with Crippen molar-refractivity contribution in [2.45, 2.75) is 33.6 Å². The molecule has 0 unspecified atom stereocenters. The van der Waals surface area contributed by atoms with E-state index in [1.807, 2.05) is 13.0 Å². The molecule has 102 valence electrons. The molecule has 0 amide bonds. The van der Waals surface area contributed by atoms with Crippen LogP contribution in [0.15, 0.2) is 6.07 Å². The van der Waals surface area contributed by atoms with Gasteiger partial charge in [-0.3, -0.25) is 0 Å². The van der Waals surface area contributed by atoms with E-state index < -0.39 is 0 Å². The second kappa shape index (κ2) is 7.87. The maximum atomic E-state index is 8.74. The van der Waals surface area contributed by atoms with Crippen molar-refractivity contribution in [1.82, 2.24) is 9.97 Å². The minimum absolute atomic E-state index is 0.191. The van der Waals surface area contributed by atoms with Gasteiger partial charge in [-0.1, -0.05) is 13.8 Å². The summed E-state index contributed by atoms with van der Waals surface area (Å²) in [7, 11) is 0. The Labute approximate surface area is 109 Å². The number of hydrogen-bond donors (Lipinski definition) is 3. The summed E-state index contributed by atoms with van der Waals surface area (Å²) in [4.78, 5) is 8.65. The quantitative estimate of drug-likeness (QED) is 0.618. The summed E-state index contributed by atoms with van der Waals surface area (Å²) in [5, 5.41) is 15.2. The van der Waals surface area contributed by atoms with E-state index in [-0.39, 0.29) is 6.61 Å². The van der Waals surface area contributed by atoms with E-state index in [1.165, 1.54) is 0 Å². The second-order valence-electron chi connectivity index (χ2n) is 4.80. The van der Waals surface area contributed by atoms with Crippen LogP contribution in [0.5, 0.6) is 0 Å². The lowest BCUT2D eigenvalue weighted by Gasteiger charge is -2.10. The zero-order valence-corrected chi connectivity index (χ0v) is 11.5. The van der Waals surface area contributed by atoms with Crippen molar-refractivity contribution in [2.75, 3.05) is 30.3 Å². The Balaban J connectivity index is 2.51. The molecule has 3 N–H and O–H groups in total. The molecule has 0 saturated carbocycles. The van der Waals surface area contributed by atoms with Crippen LogP contribution in [0.1, 0.15) is 32.5 Å². The molecule has 0 aromatic carbocycles. The van der Waals surface area contributed by atoms with Gasteiger partial charge in [-0.05, 0) is 25.7 Å². The molecule has 0 aliphatic carbocycles. The molecule has 1 rings (SSSR count). The number of nitrogens with one attached hydrogen (secondary N) is 2. The number of aliphatic hydroxyl groups is 1. The summed E-state index contributed by atoms with van der Waals surface area (Å²) < 4.78 is 0. The number of aliphatic hydroxyl groups excluding tert-OH is 1. The minimum Gasteiger partial charge on any atom is -0.396 e. The van der Waals surface area contributed by atoms with Crippen molar-refractivity contribution in [2.24, 2.45) is 5.92 Å². The van der Waals surface area contributed by atoms with E-state index in [1.54, 1.807) is 0 Å². The fourth-order valence-electron chi connectivity index (χ4n) is 1.53. The third-order valence-corrected chi connectivity index (χ3v) is 2.51. The van der Waals surface area contributed by atoms with Crippen LogP contribution in [0.25, 0.3) is 0 Å². The molecule has 1 aromatic rings. The molecular weight excluding hydrogens is 228 g/mol. The lowest BCUT2D eigenvalue weighted by molar-refractivity contribution is 0.292. The average molecular weight is 252 g/mol. The van der Waals surface area contributed by atoms with Crippen LogP contribution in [-0.4, -0.2) is 34.8 Å². The Morgan fingerprint density at radius 1 is 1.17 bits per heavy atom. The summed E-state index contributed by atoms with van der Waals surface area (Å²) in [5.41, 5.74) is 0. The van der Waals surface area contributed by atoms with Gasteiger partial charge in [-0.25, -0.2) is 9.97 Å². The van der Waals surface area contributed by atoms with Crippen molar-refractivity contribution >= 4 is 11.6 Å². The number of anilines is 2. The predicted molar refractivity (Wildman–Crippen MR) is 74.9 cm³/mol. The molecule has 0 radical (unpaired) electrons. The zero-order chi connectivity index (χ0) is 13.4. The van der Waals surface area contributed by atoms with E-state index in [2.05, 4.69) is 34.4 Å². The molecule has 5 heteroatoms. The fourth-order valence-corrected chi connectivity index (χ4v) is 1.53. The normalized spacial score (nSPS) is 10.7. The molecule has 0 aliphatic heterocycles. The van der Waals surface area contributed by atoms with Crippen LogP contribution in [0.2, 0.25) is 0 Å². The first-order valence-corrected chi connectivity index (χ1v) is 6.56. The standard InChI is InChI=1S/C13H24N4O/c1-10(2)5-7-15-13-9-12(14-6-4-8-18)16-11(3)17-13/h9-10,18H,4-8H2,1-3H3,(H2,14,15,16,17). The number of aryl methyl sites for hydroxylation is 1. The molecular formula is C13H24N4O. The molecule has 5 nitrogen and oxygen atoms in total. The topological polar surface area (TPSA) is 70.1 Å². The van der Waals surface area contributed by atoms with E-state index in [9.17, 15) is 0 Å². The summed E-state index contributed by atoms with van der Waals surface area (Å²) in [6.45, 7) is 8.12. The van der Waals surface area contributed by atoms with Gasteiger partial charge in [-0.15, -0.1) is 0 Å². The predicted octanol–water partition coefficient (Wildman–Crippen LogP) is 2.04. The third-order valence-electron chi connectivity index (χ3n) is 2.51. The van der Waals surface area contributed by atoms with Crippen LogP contribution in [0.4, 0.5) is 11.6 Å². The Kier molecular flexibility index (Phi) is 6.43. The maximum absolute atomic E-state index is 8.74. The van der Waals surface area contributed by atoms with Crippen molar-refractivity contribution in [3.63, 3.8) is 0 Å². The van der Waals surface area contributed by atoms with Gasteiger partial charge in [0.15, 0.2) is 0 Å².